The van der Waals surface area contributed by atoms with Crippen LogP contribution in [-0.2, 0) is 11.2 Å². The van der Waals surface area contributed by atoms with Gasteiger partial charge in [0.15, 0.2) is 5.78 Å². The van der Waals surface area contributed by atoms with E-state index in [9.17, 15) is 4.79 Å². The van der Waals surface area contributed by atoms with Crippen LogP contribution < -0.4 is 5.32 Å². The van der Waals surface area contributed by atoms with Crippen LogP contribution in [0.4, 0.5) is 0 Å². The van der Waals surface area contributed by atoms with E-state index in [2.05, 4.69) is 5.32 Å². The summed E-state index contributed by atoms with van der Waals surface area (Å²) in [6, 6.07) is 7.97. The molecule has 0 saturated carbocycles. The van der Waals surface area contributed by atoms with Crippen LogP contribution in [0.3, 0.4) is 0 Å². The molecule has 1 fully saturated rings. The minimum atomic E-state index is -0.0318. The first kappa shape index (κ1) is 9.60. The number of furan rings is 1. The molecule has 16 heavy (non-hydrogen) atoms. The van der Waals surface area contributed by atoms with Gasteiger partial charge in [0.2, 0.25) is 0 Å². The number of carbonyl (C=O) groups is 1. The molecule has 2 heterocycles. The van der Waals surface area contributed by atoms with Gasteiger partial charge in [-0.15, -0.1) is 0 Å². The molecule has 0 aliphatic carbocycles. The lowest BCUT2D eigenvalue weighted by molar-refractivity contribution is -0.118. The van der Waals surface area contributed by atoms with Crippen molar-refractivity contribution < 1.29 is 9.21 Å². The summed E-state index contributed by atoms with van der Waals surface area (Å²) in [6.07, 6.45) is 3.07. The molecule has 1 aromatic carbocycles. The monoisotopic (exact) mass is 215 g/mol. The van der Waals surface area contributed by atoms with Crippen LogP contribution >= 0.6 is 0 Å². The van der Waals surface area contributed by atoms with Gasteiger partial charge < -0.3 is 9.73 Å². The highest BCUT2D eigenvalue weighted by atomic mass is 16.3. The Kier molecular flexibility index (Phi) is 2.26. The van der Waals surface area contributed by atoms with Crippen LogP contribution in [0.5, 0.6) is 0 Å². The molecule has 1 aliphatic heterocycles. The number of para-hydroxylation sites is 1. The molecule has 3 heteroatoms. The average molecular weight is 215 g/mol. The van der Waals surface area contributed by atoms with E-state index < -0.39 is 0 Å². The quantitative estimate of drug-likeness (QED) is 0.832. The molecule has 1 aliphatic rings. The first-order valence-electron chi connectivity index (χ1n) is 5.56. The summed E-state index contributed by atoms with van der Waals surface area (Å²) < 4.78 is 5.46. The molecule has 1 unspecified atom stereocenters. The summed E-state index contributed by atoms with van der Waals surface area (Å²) in [5, 5.41) is 4.32. The van der Waals surface area contributed by atoms with E-state index in [1.165, 1.54) is 0 Å². The molecule has 82 valence electrons. The van der Waals surface area contributed by atoms with Gasteiger partial charge in [0.25, 0.3) is 0 Å². The van der Waals surface area contributed by atoms with Crippen molar-refractivity contribution in [2.45, 2.75) is 18.9 Å². The number of benzene rings is 1. The summed E-state index contributed by atoms with van der Waals surface area (Å²) in [5.74, 6) is 0.309. The minimum Gasteiger partial charge on any atom is -0.464 e. The van der Waals surface area contributed by atoms with E-state index >= 15 is 0 Å². The van der Waals surface area contributed by atoms with Gasteiger partial charge >= 0.3 is 0 Å². The molecular formula is C13H13NO2. The maximum absolute atomic E-state index is 11.6. The van der Waals surface area contributed by atoms with Gasteiger partial charge in [-0.2, -0.15) is 0 Å². The third-order valence-corrected chi connectivity index (χ3v) is 3.14. The van der Waals surface area contributed by atoms with Crippen molar-refractivity contribution in [2.75, 3.05) is 6.54 Å². The van der Waals surface area contributed by atoms with Crippen molar-refractivity contribution in [3.8, 4) is 0 Å². The lowest BCUT2D eigenvalue weighted by Crippen LogP contribution is -2.29. The Hall–Kier alpha value is -1.61. The van der Waals surface area contributed by atoms with Gasteiger partial charge in [-0.3, -0.25) is 4.79 Å². The fourth-order valence-corrected chi connectivity index (χ4v) is 2.28. The van der Waals surface area contributed by atoms with Crippen molar-refractivity contribution in [1.82, 2.24) is 5.32 Å². The Labute approximate surface area is 93.4 Å². The van der Waals surface area contributed by atoms with Gasteiger partial charge in [-0.1, -0.05) is 18.2 Å². The smallest absolute Gasteiger partial charge is 0.151 e. The number of Topliss-reactive ketones (excluding diaryl/α,β-unsaturated/α-hetero) is 1. The van der Waals surface area contributed by atoms with Crippen molar-refractivity contribution in [3.63, 3.8) is 0 Å². The van der Waals surface area contributed by atoms with E-state index in [-0.39, 0.29) is 6.04 Å². The van der Waals surface area contributed by atoms with Gasteiger partial charge in [0.1, 0.15) is 5.58 Å². The van der Waals surface area contributed by atoms with Gasteiger partial charge in [-0.25, -0.2) is 0 Å². The van der Waals surface area contributed by atoms with Crippen LogP contribution in [0.2, 0.25) is 0 Å². The van der Waals surface area contributed by atoms with Crippen LogP contribution in [0.1, 0.15) is 12.0 Å². The summed E-state index contributed by atoms with van der Waals surface area (Å²) in [4.78, 5) is 11.6. The molecule has 1 N–H and O–H groups in total. The first-order chi connectivity index (χ1) is 7.84. The SMILES string of the molecule is O=C1CCNC1Cc1cccc2ccoc12. The highest BCUT2D eigenvalue weighted by Gasteiger charge is 2.24. The zero-order valence-corrected chi connectivity index (χ0v) is 8.90. The van der Waals surface area contributed by atoms with Crippen LogP contribution in [0, 0.1) is 0 Å². The van der Waals surface area contributed by atoms with Gasteiger partial charge in [-0.05, 0) is 18.1 Å². The van der Waals surface area contributed by atoms with Gasteiger partial charge in [0, 0.05) is 18.4 Å². The van der Waals surface area contributed by atoms with Crippen LogP contribution in [-0.4, -0.2) is 18.4 Å². The van der Waals surface area contributed by atoms with Crippen molar-refractivity contribution in [3.05, 3.63) is 36.1 Å². The highest BCUT2D eigenvalue weighted by molar-refractivity contribution is 5.87. The molecule has 1 aromatic heterocycles. The zero-order valence-electron chi connectivity index (χ0n) is 8.90. The Morgan fingerprint density at radius 1 is 1.38 bits per heavy atom. The Morgan fingerprint density at radius 2 is 2.31 bits per heavy atom. The molecular weight excluding hydrogens is 202 g/mol. The molecule has 3 rings (SSSR count). The number of rotatable bonds is 2. The lowest BCUT2D eigenvalue weighted by atomic mass is 10.0. The lowest BCUT2D eigenvalue weighted by Gasteiger charge is -2.08. The normalized spacial score (nSPS) is 20.8. The maximum atomic E-state index is 11.6. The second-order valence-electron chi connectivity index (χ2n) is 4.18. The predicted molar refractivity (Wildman–Crippen MR) is 61.3 cm³/mol. The number of ketones is 1. The summed E-state index contributed by atoms with van der Waals surface area (Å²) in [5.41, 5.74) is 2.01. The summed E-state index contributed by atoms with van der Waals surface area (Å²) >= 11 is 0. The third-order valence-electron chi connectivity index (χ3n) is 3.14. The van der Waals surface area contributed by atoms with Crippen molar-refractivity contribution in [2.24, 2.45) is 0 Å². The van der Waals surface area contributed by atoms with E-state index in [1.54, 1.807) is 6.26 Å². The number of fused-ring (bicyclic) bond motifs is 1. The van der Waals surface area contributed by atoms with Crippen LogP contribution in [0.25, 0.3) is 11.0 Å². The fourth-order valence-electron chi connectivity index (χ4n) is 2.28. The Balaban J connectivity index is 1.94. The average Bonchev–Trinajstić information content (AvgIpc) is 2.89. The number of hydrogen-bond donors (Lipinski definition) is 1. The first-order valence-corrected chi connectivity index (χ1v) is 5.56. The van der Waals surface area contributed by atoms with E-state index in [0.717, 1.165) is 29.5 Å². The van der Waals surface area contributed by atoms with Gasteiger partial charge in [0.05, 0.1) is 12.3 Å². The predicted octanol–water partition coefficient (Wildman–Crippen LogP) is 1.91. The van der Waals surface area contributed by atoms with E-state index in [4.69, 9.17) is 4.42 Å². The molecule has 0 spiro atoms. The second-order valence-corrected chi connectivity index (χ2v) is 4.18. The minimum absolute atomic E-state index is 0.0318. The molecule has 0 radical (unpaired) electrons. The Bertz CT molecular complexity index is 529. The molecule has 1 saturated heterocycles. The number of hydrogen-bond acceptors (Lipinski definition) is 3. The van der Waals surface area contributed by atoms with E-state index in [0.29, 0.717) is 12.2 Å². The largest absolute Gasteiger partial charge is 0.464 e. The van der Waals surface area contributed by atoms with E-state index in [1.807, 2.05) is 24.3 Å². The summed E-state index contributed by atoms with van der Waals surface area (Å²) in [7, 11) is 0. The highest BCUT2D eigenvalue weighted by Crippen LogP contribution is 2.22. The molecule has 0 bridgehead atoms. The molecule has 0 amide bonds. The summed E-state index contributed by atoms with van der Waals surface area (Å²) in [6.45, 7) is 0.803. The number of nitrogens with one attached hydrogen (secondary N) is 1. The topological polar surface area (TPSA) is 42.2 Å². The molecule has 1 atom stereocenters. The fraction of sp³-hybridized carbons (Fsp3) is 0.308. The zero-order chi connectivity index (χ0) is 11.0. The molecule has 2 aromatic rings. The third kappa shape index (κ3) is 1.53. The Morgan fingerprint density at radius 3 is 3.12 bits per heavy atom. The number of carbonyl (C=O) groups excluding carboxylic acids is 1. The van der Waals surface area contributed by atoms with Crippen molar-refractivity contribution >= 4 is 16.8 Å². The molecule has 3 nitrogen and oxygen atoms in total. The standard InChI is InChI=1S/C13H13NO2/c15-12-4-6-14-11(12)8-10-3-1-2-9-5-7-16-13(9)10/h1-3,5,7,11,14H,4,6,8H2. The van der Waals surface area contributed by atoms with Crippen LogP contribution in [0.15, 0.2) is 34.9 Å². The second kappa shape index (κ2) is 3.76. The maximum Gasteiger partial charge on any atom is 0.151 e. The van der Waals surface area contributed by atoms with Crippen molar-refractivity contribution in [1.29, 1.82) is 0 Å².